The zero-order valence-corrected chi connectivity index (χ0v) is 14.1. The van der Waals surface area contributed by atoms with Gasteiger partial charge in [-0.05, 0) is 50.4 Å². The van der Waals surface area contributed by atoms with Crippen LogP contribution in [0.25, 0.3) is 0 Å². The van der Waals surface area contributed by atoms with Crippen LogP contribution < -0.4 is 0 Å². The predicted octanol–water partition coefficient (Wildman–Crippen LogP) is 3.77. The quantitative estimate of drug-likeness (QED) is 0.751. The molecule has 0 amide bonds. The third-order valence-electron chi connectivity index (χ3n) is 2.46. The molecule has 1 aromatic carbocycles. The van der Waals surface area contributed by atoms with E-state index in [0.717, 1.165) is 25.0 Å². The van der Waals surface area contributed by atoms with Crippen LogP contribution in [0, 0.1) is 5.82 Å². The first kappa shape index (κ1) is 16.1. The van der Waals surface area contributed by atoms with Gasteiger partial charge in [-0.2, -0.15) is 0 Å². The maximum atomic E-state index is 13.1. The Kier molecular flexibility index (Phi) is 5.76. The summed E-state index contributed by atoms with van der Waals surface area (Å²) >= 11 is 6.19. The molecule has 0 saturated carbocycles. The van der Waals surface area contributed by atoms with E-state index in [1.807, 2.05) is 6.92 Å². The highest BCUT2D eigenvalue weighted by atomic mass is 79.9. The summed E-state index contributed by atoms with van der Waals surface area (Å²) in [5, 5.41) is 0. The molecule has 3 nitrogen and oxygen atoms in total. The van der Waals surface area contributed by atoms with Crippen molar-refractivity contribution in [2.75, 3.05) is 13.6 Å². The van der Waals surface area contributed by atoms with Crippen LogP contribution in [0.15, 0.2) is 26.0 Å². The van der Waals surface area contributed by atoms with Gasteiger partial charge >= 0.3 is 0 Å². The maximum Gasteiger partial charge on any atom is 0.245 e. The summed E-state index contributed by atoms with van der Waals surface area (Å²) in [6.45, 7) is 2.43. The van der Waals surface area contributed by atoms with Gasteiger partial charge in [0.05, 0.1) is 0 Å². The molecule has 0 aliphatic carbocycles. The molecule has 0 fully saturated rings. The van der Waals surface area contributed by atoms with Gasteiger partial charge in [0.15, 0.2) is 0 Å². The van der Waals surface area contributed by atoms with E-state index in [-0.39, 0.29) is 13.8 Å². The van der Waals surface area contributed by atoms with Crippen molar-refractivity contribution >= 4 is 41.9 Å². The van der Waals surface area contributed by atoms with Crippen LogP contribution in [0.4, 0.5) is 4.39 Å². The molecule has 0 N–H and O–H groups in total. The zero-order valence-electron chi connectivity index (χ0n) is 10.1. The van der Waals surface area contributed by atoms with Gasteiger partial charge in [-0.25, -0.2) is 17.1 Å². The number of sulfonamides is 1. The first-order valence-electron chi connectivity index (χ1n) is 5.41. The number of hydrogen-bond acceptors (Lipinski definition) is 2. The predicted molar refractivity (Wildman–Crippen MR) is 76.5 cm³/mol. The molecule has 0 aliphatic heterocycles. The molecule has 102 valence electrons. The fourth-order valence-electron chi connectivity index (χ4n) is 1.43. The molecule has 0 radical (unpaired) electrons. The van der Waals surface area contributed by atoms with E-state index in [9.17, 15) is 12.8 Å². The average molecular weight is 403 g/mol. The maximum absolute atomic E-state index is 13.1. The van der Waals surface area contributed by atoms with E-state index >= 15 is 0 Å². The van der Waals surface area contributed by atoms with Crippen LogP contribution in [0.2, 0.25) is 0 Å². The van der Waals surface area contributed by atoms with Gasteiger partial charge in [-0.3, -0.25) is 0 Å². The van der Waals surface area contributed by atoms with E-state index in [1.165, 1.54) is 11.4 Å². The van der Waals surface area contributed by atoms with Crippen LogP contribution in [0.3, 0.4) is 0 Å². The summed E-state index contributed by atoms with van der Waals surface area (Å²) in [4.78, 5) is 0.0579. The third kappa shape index (κ3) is 3.53. The number of nitrogens with zero attached hydrogens (tertiary/aromatic N) is 1. The van der Waals surface area contributed by atoms with E-state index < -0.39 is 15.8 Å². The molecular formula is C11H14Br2FNO2S. The Labute approximate surface area is 124 Å². The highest BCUT2D eigenvalue weighted by Gasteiger charge is 2.26. The molecule has 0 unspecified atom stereocenters. The monoisotopic (exact) mass is 401 g/mol. The van der Waals surface area contributed by atoms with Crippen molar-refractivity contribution in [1.29, 1.82) is 0 Å². The summed E-state index contributed by atoms with van der Waals surface area (Å²) in [5.41, 5.74) is 0. The number of unbranched alkanes of at least 4 members (excludes halogenated alkanes) is 1. The fraction of sp³-hybridized carbons (Fsp3) is 0.455. The second kappa shape index (κ2) is 6.45. The highest BCUT2D eigenvalue weighted by Crippen LogP contribution is 2.32. The SMILES string of the molecule is CCCCN(C)S(=O)(=O)c1c(Br)cc(F)cc1Br. The van der Waals surface area contributed by atoms with E-state index in [0.29, 0.717) is 6.54 Å². The minimum Gasteiger partial charge on any atom is -0.207 e. The minimum absolute atomic E-state index is 0.0579. The summed E-state index contributed by atoms with van der Waals surface area (Å²) < 4.78 is 39.5. The molecule has 0 spiro atoms. The summed E-state index contributed by atoms with van der Waals surface area (Å²) in [7, 11) is -2.10. The van der Waals surface area contributed by atoms with Crippen molar-refractivity contribution in [2.45, 2.75) is 24.7 Å². The number of benzene rings is 1. The minimum atomic E-state index is -3.62. The number of hydrogen-bond donors (Lipinski definition) is 0. The smallest absolute Gasteiger partial charge is 0.207 e. The molecular weight excluding hydrogens is 389 g/mol. The van der Waals surface area contributed by atoms with Crippen LogP contribution in [0.5, 0.6) is 0 Å². The second-order valence-corrected chi connectivity index (χ2v) is 7.57. The Bertz CT molecular complexity index is 511. The van der Waals surface area contributed by atoms with E-state index in [1.54, 1.807) is 0 Å². The van der Waals surface area contributed by atoms with E-state index in [4.69, 9.17) is 0 Å². The van der Waals surface area contributed by atoms with Gasteiger partial charge in [0, 0.05) is 22.5 Å². The van der Waals surface area contributed by atoms with Crippen LogP contribution >= 0.6 is 31.9 Å². The Morgan fingerprint density at radius 1 is 1.28 bits per heavy atom. The second-order valence-electron chi connectivity index (χ2n) is 3.88. The Morgan fingerprint density at radius 2 is 1.78 bits per heavy atom. The Morgan fingerprint density at radius 3 is 2.22 bits per heavy atom. The topological polar surface area (TPSA) is 37.4 Å². The molecule has 0 aromatic heterocycles. The lowest BCUT2D eigenvalue weighted by Crippen LogP contribution is -2.28. The lowest BCUT2D eigenvalue weighted by molar-refractivity contribution is 0.458. The first-order chi connectivity index (χ1) is 8.30. The summed E-state index contributed by atoms with van der Waals surface area (Å²) in [6.07, 6.45) is 1.69. The van der Waals surface area contributed by atoms with Gasteiger partial charge < -0.3 is 0 Å². The first-order valence-corrected chi connectivity index (χ1v) is 8.44. The third-order valence-corrected chi connectivity index (χ3v) is 6.19. The lowest BCUT2D eigenvalue weighted by atomic mass is 10.3. The number of halogens is 3. The van der Waals surface area contributed by atoms with Crippen molar-refractivity contribution in [2.24, 2.45) is 0 Å². The summed E-state index contributed by atoms with van der Waals surface area (Å²) in [6, 6.07) is 2.29. The van der Waals surface area contributed by atoms with Crippen molar-refractivity contribution in [3.8, 4) is 0 Å². The summed E-state index contributed by atoms with van der Waals surface area (Å²) in [5.74, 6) is -0.496. The van der Waals surface area contributed by atoms with Crippen LogP contribution in [0.1, 0.15) is 19.8 Å². The fourth-order valence-corrected chi connectivity index (χ4v) is 5.08. The Balaban J connectivity index is 3.20. The lowest BCUT2D eigenvalue weighted by Gasteiger charge is -2.18. The van der Waals surface area contributed by atoms with Gasteiger partial charge in [0.25, 0.3) is 0 Å². The zero-order chi connectivity index (χ0) is 13.9. The van der Waals surface area contributed by atoms with Gasteiger partial charge in [-0.1, -0.05) is 13.3 Å². The number of rotatable bonds is 5. The molecule has 1 aromatic rings. The largest absolute Gasteiger partial charge is 0.245 e. The normalized spacial score (nSPS) is 12.1. The van der Waals surface area contributed by atoms with Crippen molar-refractivity contribution in [3.63, 3.8) is 0 Å². The van der Waals surface area contributed by atoms with Crippen LogP contribution in [-0.2, 0) is 10.0 Å². The molecule has 1 rings (SSSR count). The molecule has 0 saturated heterocycles. The average Bonchev–Trinajstić information content (AvgIpc) is 2.23. The Hall–Kier alpha value is 0.0200. The van der Waals surface area contributed by atoms with Gasteiger partial charge in [-0.15, -0.1) is 0 Å². The van der Waals surface area contributed by atoms with E-state index in [2.05, 4.69) is 31.9 Å². The van der Waals surface area contributed by atoms with Crippen molar-refractivity contribution < 1.29 is 12.8 Å². The molecule has 0 atom stereocenters. The van der Waals surface area contributed by atoms with Gasteiger partial charge in [0.2, 0.25) is 10.0 Å². The molecule has 18 heavy (non-hydrogen) atoms. The molecule has 0 aliphatic rings. The van der Waals surface area contributed by atoms with Crippen LogP contribution in [-0.4, -0.2) is 26.3 Å². The molecule has 0 heterocycles. The van der Waals surface area contributed by atoms with Crippen molar-refractivity contribution in [1.82, 2.24) is 4.31 Å². The standard InChI is InChI=1S/C11H14Br2FNO2S/c1-3-4-5-15(2)18(16,17)11-9(12)6-8(14)7-10(11)13/h6-7H,3-5H2,1-2H3. The van der Waals surface area contributed by atoms with Crippen molar-refractivity contribution in [3.05, 3.63) is 26.9 Å². The molecule has 0 bridgehead atoms. The van der Waals surface area contributed by atoms with Gasteiger partial charge in [0.1, 0.15) is 10.7 Å². The highest BCUT2D eigenvalue weighted by molar-refractivity contribution is 9.11. The molecule has 7 heteroatoms.